The van der Waals surface area contributed by atoms with Gasteiger partial charge in [0.1, 0.15) is 6.17 Å². The van der Waals surface area contributed by atoms with E-state index in [0.717, 1.165) is 5.71 Å². The maximum Gasteiger partial charge on any atom is 0.309 e. The number of hydrogen-bond donors (Lipinski definition) is 2. The number of methoxy groups -OCH3 is 1. The molecule has 1 saturated heterocycles. The Bertz CT molecular complexity index is 358. The van der Waals surface area contributed by atoms with Crippen molar-refractivity contribution < 1.29 is 14.3 Å². The van der Waals surface area contributed by atoms with Crippen LogP contribution in [0.2, 0.25) is 0 Å². The van der Waals surface area contributed by atoms with Gasteiger partial charge in [0.05, 0.1) is 13.5 Å². The van der Waals surface area contributed by atoms with E-state index in [1.54, 1.807) is 13.8 Å². The molecule has 1 unspecified atom stereocenters. The number of ether oxygens (including phenoxy) is 1. The zero-order chi connectivity index (χ0) is 12.1. The summed E-state index contributed by atoms with van der Waals surface area (Å²) in [6.45, 7) is 3.53. The quantitative estimate of drug-likeness (QED) is 0.381. The summed E-state index contributed by atoms with van der Waals surface area (Å²) >= 11 is 0. The lowest BCUT2D eigenvalue weighted by Gasteiger charge is -2.07. The fourth-order valence-corrected chi connectivity index (χ4v) is 1.07. The molecule has 1 atom stereocenters. The highest BCUT2D eigenvalue weighted by Crippen LogP contribution is 1.98. The van der Waals surface area contributed by atoms with E-state index in [0.29, 0.717) is 0 Å². The Kier molecular flexibility index (Phi) is 3.98. The van der Waals surface area contributed by atoms with Crippen molar-refractivity contribution in [1.82, 2.24) is 10.6 Å². The van der Waals surface area contributed by atoms with Crippen molar-refractivity contribution in [2.45, 2.75) is 26.4 Å². The van der Waals surface area contributed by atoms with Gasteiger partial charge in [-0.15, -0.1) is 5.10 Å². The normalized spacial score (nSPS) is 21.3. The van der Waals surface area contributed by atoms with Gasteiger partial charge < -0.3 is 15.4 Å². The number of rotatable bonds is 3. The van der Waals surface area contributed by atoms with Crippen molar-refractivity contribution in [1.29, 1.82) is 0 Å². The molecular weight excluding hydrogens is 212 g/mol. The van der Waals surface area contributed by atoms with Gasteiger partial charge in [-0.25, -0.2) is 0 Å². The number of amidine groups is 1. The maximum absolute atomic E-state index is 11.3. The van der Waals surface area contributed by atoms with E-state index in [1.165, 1.54) is 7.11 Å². The maximum atomic E-state index is 11.3. The van der Waals surface area contributed by atoms with Crippen molar-refractivity contribution in [2.75, 3.05) is 7.11 Å². The lowest BCUT2D eigenvalue weighted by Crippen LogP contribution is -2.35. The number of carbonyl (C=O) groups is 2. The molecule has 7 nitrogen and oxygen atoms in total. The summed E-state index contributed by atoms with van der Waals surface area (Å²) in [6.07, 6.45) is -0.429. The van der Waals surface area contributed by atoms with E-state index in [9.17, 15) is 9.59 Å². The van der Waals surface area contributed by atoms with E-state index in [4.69, 9.17) is 0 Å². The minimum absolute atomic E-state index is 0.0517. The van der Waals surface area contributed by atoms with Crippen LogP contribution in [0.4, 0.5) is 0 Å². The van der Waals surface area contributed by atoms with Gasteiger partial charge in [0.2, 0.25) is 5.84 Å². The molecule has 0 aromatic rings. The van der Waals surface area contributed by atoms with E-state index in [2.05, 4.69) is 25.6 Å². The molecule has 2 N–H and O–H groups in total. The molecular formula is C9H14N4O3. The van der Waals surface area contributed by atoms with Gasteiger partial charge in [0.15, 0.2) is 0 Å². The minimum Gasteiger partial charge on any atom is -0.469 e. The second-order valence-electron chi connectivity index (χ2n) is 3.45. The zero-order valence-corrected chi connectivity index (χ0v) is 9.40. The Hall–Kier alpha value is -1.92. The second kappa shape index (κ2) is 5.24. The average Bonchev–Trinajstić information content (AvgIpc) is 2.55. The zero-order valence-electron chi connectivity index (χ0n) is 9.40. The number of nitrogens with zero attached hydrogens (tertiary/aromatic N) is 2. The van der Waals surface area contributed by atoms with Crippen LogP contribution >= 0.6 is 0 Å². The van der Waals surface area contributed by atoms with Gasteiger partial charge in [0.25, 0.3) is 5.91 Å². The monoisotopic (exact) mass is 226 g/mol. The predicted molar refractivity (Wildman–Crippen MR) is 57.9 cm³/mol. The fourth-order valence-electron chi connectivity index (χ4n) is 1.07. The molecule has 1 aliphatic heterocycles. The first-order valence-electron chi connectivity index (χ1n) is 4.76. The first-order valence-corrected chi connectivity index (χ1v) is 4.76. The van der Waals surface area contributed by atoms with Gasteiger partial charge in [-0.05, 0) is 13.8 Å². The average molecular weight is 226 g/mol. The van der Waals surface area contributed by atoms with Crippen LogP contribution in [-0.2, 0) is 14.3 Å². The van der Waals surface area contributed by atoms with E-state index < -0.39 is 12.1 Å². The standard InChI is InChI=1S/C9H14N4O3/c1-5(2)12-13-8-9(15)11-6(10-8)4-7(14)16-3/h6H,4H2,1-3H3,(H,10,13)(H,11,15). The Morgan fingerprint density at radius 1 is 1.44 bits per heavy atom. The van der Waals surface area contributed by atoms with E-state index >= 15 is 0 Å². The molecule has 1 fully saturated rings. The van der Waals surface area contributed by atoms with Crippen LogP contribution in [0.3, 0.4) is 0 Å². The number of amides is 1. The number of nitrogens with one attached hydrogen (secondary N) is 2. The lowest BCUT2D eigenvalue weighted by molar-refractivity contribution is -0.141. The van der Waals surface area contributed by atoms with Crippen LogP contribution in [0.25, 0.3) is 0 Å². The third-order valence-corrected chi connectivity index (χ3v) is 1.78. The largest absolute Gasteiger partial charge is 0.469 e. The SMILES string of the molecule is COC(=O)CC1NC(=O)C(=NN=C(C)C)N1. The minimum atomic E-state index is -0.480. The van der Waals surface area contributed by atoms with Crippen LogP contribution in [0.1, 0.15) is 20.3 Å². The van der Waals surface area contributed by atoms with Crippen LogP contribution in [0.15, 0.2) is 10.2 Å². The molecule has 1 amide bonds. The summed E-state index contributed by atoms with van der Waals surface area (Å²) in [5.41, 5.74) is 0.735. The van der Waals surface area contributed by atoms with Gasteiger partial charge in [-0.2, -0.15) is 5.10 Å². The third-order valence-electron chi connectivity index (χ3n) is 1.78. The van der Waals surface area contributed by atoms with Crippen LogP contribution in [-0.4, -0.2) is 36.7 Å². The Labute approximate surface area is 93.0 Å². The molecule has 0 spiro atoms. The molecule has 0 aliphatic carbocycles. The molecule has 1 aliphatic rings. The second-order valence-corrected chi connectivity index (χ2v) is 3.45. The Morgan fingerprint density at radius 2 is 2.12 bits per heavy atom. The van der Waals surface area contributed by atoms with E-state index in [-0.39, 0.29) is 18.2 Å². The molecule has 1 rings (SSSR count). The van der Waals surface area contributed by atoms with Crippen molar-refractivity contribution in [2.24, 2.45) is 10.2 Å². The summed E-state index contributed by atoms with van der Waals surface area (Å²) in [4.78, 5) is 22.3. The third kappa shape index (κ3) is 3.34. The van der Waals surface area contributed by atoms with Crippen molar-refractivity contribution >= 4 is 23.4 Å². The highest BCUT2D eigenvalue weighted by atomic mass is 16.5. The summed E-state index contributed by atoms with van der Waals surface area (Å²) in [5.74, 6) is -0.678. The number of carbonyl (C=O) groups excluding carboxylic acids is 2. The highest BCUT2D eigenvalue weighted by Gasteiger charge is 2.28. The molecule has 0 saturated carbocycles. The molecule has 0 bridgehead atoms. The molecule has 0 radical (unpaired) electrons. The Balaban J connectivity index is 2.60. The summed E-state index contributed by atoms with van der Waals surface area (Å²) in [6, 6.07) is 0. The molecule has 1 heterocycles. The predicted octanol–water partition coefficient (Wildman–Crippen LogP) is -0.611. The lowest BCUT2D eigenvalue weighted by atomic mass is 10.3. The van der Waals surface area contributed by atoms with Crippen LogP contribution in [0, 0.1) is 0 Å². The van der Waals surface area contributed by atoms with Crippen LogP contribution < -0.4 is 10.6 Å². The number of esters is 1. The fraction of sp³-hybridized carbons (Fsp3) is 0.556. The first-order chi connectivity index (χ1) is 7.52. The van der Waals surface area contributed by atoms with Gasteiger partial charge in [-0.1, -0.05) is 0 Å². The van der Waals surface area contributed by atoms with E-state index in [1.807, 2.05) is 0 Å². The summed E-state index contributed by atoms with van der Waals surface area (Å²) < 4.78 is 4.48. The van der Waals surface area contributed by atoms with Crippen molar-refractivity contribution in [3.8, 4) is 0 Å². The van der Waals surface area contributed by atoms with Gasteiger partial charge in [-0.3, -0.25) is 9.59 Å². The number of hydrogen-bond acceptors (Lipinski definition) is 5. The highest BCUT2D eigenvalue weighted by molar-refractivity contribution is 6.39. The molecule has 16 heavy (non-hydrogen) atoms. The first kappa shape index (κ1) is 12.2. The summed E-state index contributed by atoms with van der Waals surface area (Å²) in [7, 11) is 1.29. The van der Waals surface area contributed by atoms with Crippen molar-refractivity contribution in [3.05, 3.63) is 0 Å². The molecule has 88 valence electrons. The molecule has 0 aromatic carbocycles. The van der Waals surface area contributed by atoms with Gasteiger partial charge >= 0.3 is 5.97 Å². The van der Waals surface area contributed by atoms with Crippen LogP contribution in [0.5, 0.6) is 0 Å². The smallest absolute Gasteiger partial charge is 0.309 e. The summed E-state index contributed by atoms with van der Waals surface area (Å²) in [5, 5.41) is 12.8. The molecule has 7 heteroatoms. The van der Waals surface area contributed by atoms with Crippen molar-refractivity contribution in [3.63, 3.8) is 0 Å². The topological polar surface area (TPSA) is 92.1 Å². The van der Waals surface area contributed by atoms with Gasteiger partial charge in [0, 0.05) is 5.71 Å². The molecule has 0 aromatic heterocycles. The Morgan fingerprint density at radius 3 is 2.69 bits per heavy atom.